The smallest absolute Gasteiger partial charge is 0.314 e. The highest BCUT2D eigenvalue weighted by atomic mass is 32.1. The third-order valence-corrected chi connectivity index (χ3v) is 5.70. The molecule has 1 amide bonds. The van der Waals surface area contributed by atoms with Crippen LogP contribution in [-0.4, -0.2) is 36.0 Å². The Labute approximate surface area is 154 Å². The highest BCUT2D eigenvalue weighted by molar-refractivity contribution is 7.10. The maximum atomic E-state index is 14.2. The first-order valence-electron chi connectivity index (χ1n) is 8.53. The van der Waals surface area contributed by atoms with Crippen LogP contribution in [0.4, 0.5) is 4.39 Å². The lowest BCUT2D eigenvalue weighted by atomic mass is 9.98. The zero-order chi connectivity index (χ0) is 18.3. The van der Waals surface area contributed by atoms with Gasteiger partial charge >= 0.3 is 5.97 Å². The molecule has 4 rings (SSSR count). The van der Waals surface area contributed by atoms with Crippen LogP contribution in [0.5, 0.6) is 5.75 Å². The third-order valence-electron chi connectivity index (χ3n) is 4.82. The number of esters is 1. The second-order valence-corrected chi connectivity index (χ2v) is 7.38. The van der Waals surface area contributed by atoms with Gasteiger partial charge in [-0.3, -0.25) is 9.59 Å². The van der Waals surface area contributed by atoms with Crippen LogP contribution >= 0.6 is 11.3 Å². The maximum absolute atomic E-state index is 14.2. The van der Waals surface area contributed by atoms with Crippen molar-refractivity contribution in [1.29, 1.82) is 0 Å². The normalized spacial score (nSPS) is 23.3. The van der Waals surface area contributed by atoms with Gasteiger partial charge in [0.15, 0.2) is 11.6 Å². The Hall–Kier alpha value is -2.41. The van der Waals surface area contributed by atoms with E-state index >= 15 is 0 Å². The predicted octanol–water partition coefficient (Wildman–Crippen LogP) is 2.95. The lowest BCUT2D eigenvalue weighted by molar-refractivity contribution is -0.149. The van der Waals surface area contributed by atoms with Gasteiger partial charge in [0, 0.05) is 17.0 Å². The van der Waals surface area contributed by atoms with Gasteiger partial charge in [-0.2, -0.15) is 0 Å². The Bertz CT molecular complexity index is 838. The Morgan fingerprint density at radius 3 is 2.92 bits per heavy atom. The number of benzene rings is 1. The highest BCUT2D eigenvalue weighted by Gasteiger charge is 2.54. The van der Waals surface area contributed by atoms with Crippen LogP contribution in [0.2, 0.25) is 0 Å². The van der Waals surface area contributed by atoms with E-state index in [1.165, 1.54) is 17.4 Å². The average Bonchev–Trinajstić information content (AvgIpc) is 3.31. The van der Waals surface area contributed by atoms with E-state index in [0.717, 1.165) is 4.88 Å². The Morgan fingerprint density at radius 2 is 2.19 bits per heavy atom. The molecule has 1 aromatic heterocycles. The van der Waals surface area contributed by atoms with E-state index < -0.39 is 29.9 Å². The zero-order valence-corrected chi connectivity index (χ0v) is 15.0. The number of carbonyl (C=O) groups excluding carboxylic acids is 2. The molecule has 0 unspecified atom stereocenters. The zero-order valence-electron chi connectivity index (χ0n) is 14.2. The molecule has 2 aliphatic heterocycles. The van der Waals surface area contributed by atoms with Crippen LogP contribution in [-0.2, 0) is 20.7 Å². The molecule has 26 heavy (non-hydrogen) atoms. The molecule has 1 saturated heterocycles. The van der Waals surface area contributed by atoms with Gasteiger partial charge in [0.25, 0.3) is 0 Å². The van der Waals surface area contributed by atoms with Crippen molar-refractivity contribution in [2.24, 2.45) is 5.92 Å². The molecular weight excluding hydrogens is 357 g/mol. The summed E-state index contributed by atoms with van der Waals surface area (Å²) in [5.41, 5.74) is 0.612. The summed E-state index contributed by atoms with van der Waals surface area (Å²) >= 11 is 1.51. The van der Waals surface area contributed by atoms with Crippen molar-refractivity contribution in [3.63, 3.8) is 0 Å². The summed E-state index contributed by atoms with van der Waals surface area (Å²) < 4.78 is 25.1. The molecule has 1 aromatic carbocycles. The largest absolute Gasteiger partial charge is 0.483 e. The second kappa shape index (κ2) is 6.72. The van der Waals surface area contributed by atoms with Gasteiger partial charge in [-0.25, -0.2) is 4.39 Å². The van der Waals surface area contributed by atoms with E-state index in [1.54, 1.807) is 24.0 Å². The Morgan fingerprint density at radius 1 is 1.35 bits per heavy atom. The lowest BCUT2D eigenvalue weighted by Gasteiger charge is -2.23. The number of ether oxygens (including phenoxy) is 2. The molecule has 2 aromatic rings. The van der Waals surface area contributed by atoms with Crippen LogP contribution in [0.15, 0.2) is 35.7 Å². The second-order valence-electron chi connectivity index (χ2n) is 6.35. The molecule has 2 aliphatic rings. The molecule has 0 saturated carbocycles. The highest BCUT2D eigenvalue weighted by Crippen LogP contribution is 2.48. The average molecular weight is 375 g/mol. The number of likely N-dealkylation sites (tertiary alicyclic amines) is 1. The molecule has 7 heteroatoms. The Balaban J connectivity index is 1.67. The van der Waals surface area contributed by atoms with E-state index in [1.807, 2.05) is 17.5 Å². The van der Waals surface area contributed by atoms with Crippen molar-refractivity contribution >= 4 is 23.2 Å². The molecule has 5 nitrogen and oxygen atoms in total. The monoisotopic (exact) mass is 375 g/mol. The number of amides is 1. The van der Waals surface area contributed by atoms with Gasteiger partial charge in [-0.05, 0) is 24.4 Å². The summed E-state index contributed by atoms with van der Waals surface area (Å²) in [5.74, 6) is -1.49. The van der Waals surface area contributed by atoms with Crippen molar-refractivity contribution in [2.45, 2.75) is 25.5 Å². The molecule has 1 fully saturated rings. The molecule has 136 valence electrons. The number of carbonyl (C=O) groups is 2. The maximum Gasteiger partial charge on any atom is 0.314 e. The SMILES string of the molecule is CCOC(=O)[C@@H]1CN(C(=O)Cc2cccs2)[C@H]2c3cccc(F)c3O[C@@H]12. The number of para-hydroxylation sites is 1. The number of fused-ring (bicyclic) bond motifs is 3. The van der Waals surface area contributed by atoms with Crippen LogP contribution in [0.3, 0.4) is 0 Å². The van der Waals surface area contributed by atoms with Gasteiger partial charge in [0.2, 0.25) is 5.91 Å². The fourth-order valence-electron chi connectivity index (χ4n) is 3.72. The third kappa shape index (κ3) is 2.76. The molecule has 3 atom stereocenters. The van der Waals surface area contributed by atoms with Crippen LogP contribution in [0.1, 0.15) is 23.4 Å². The van der Waals surface area contributed by atoms with Crippen molar-refractivity contribution in [1.82, 2.24) is 4.90 Å². The van der Waals surface area contributed by atoms with Gasteiger partial charge < -0.3 is 14.4 Å². The van der Waals surface area contributed by atoms with Crippen molar-refractivity contribution in [3.05, 3.63) is 52.0 Å². The van der Waals surface area contributed by atoms with Crippen molar-refractivity contribution in [3.8, 4) is 5.75 Å². The fourth-order valence-corrected chi connectivity index (χ4v) is 4.41. The number of thiophene rings is 1. The van der Waals surface area contributed by atoms with E-state index in [2.05, 4.69) is 0 Å². The molecule has 0 aliphatic carbocycles. The summed E-state index contributed by atoms with van der Waals surface area (Å²) in [6, 6.07) is 7.99. The molecule has 0 spiro atoms. The first-order chi connectivity index (χ1) is 12.6. The van der Waals surface area contributed by atoms with E-state index in [9.17, 15) is 14.0 Å². The number of hydrogen-bond acceptors (Lipinski definition) is 5. The molecule has 0 bridgehead atoms. The molecule has 3 heterocycles. The van der Waals surface area contributed by atoms with E-state index in [4.69, 9.17) is 9.47 Å². The Kier molecular flexibility index (Phi) is 4.40. The van der Waals surface area contributed by atoms with Gasteiger partial charge in [-0.1, -0.05) is 18.2 Å². The number of halogens is 1. The van der Waals surface area contributed by atoms with Crippen LogP contribution < -0.4 is 4.74 Å². The summed E-state index contributed by atoms with van der Waals surface area (Å²) in [7, 11) is 0. The van der Waals surface area contributed by atoms with Crippen molar-refractivity contribution in [2.75, 3.05) is 13.2 Å². The summed E-state index contributed by atoms with van der Waals surface area (Å²) in [6.07, 6.45) is -0.366. The summed E-state index contributed by atoms with van der Waals surface area (Å²) in [5, 5.41) is 1.92. The topological polar surface area (TPSA) is 55.8 Å². The standard InChI is InChI=1S/C19H18FNO4S/c1-2-24-19(23)13-10-21(15(22)9-11-5-4-8-26-11)16-12-6-3-7-14(20)17(12)25-18(13)16/h3-8,13,16,18H,2,9-10H2,1H3/t13-,16+,18+/m1/s1. The van der Waals surface area contributed by atoms with E-state index in [0.29, 0.717) is 5.56 Å². The van der Waals surface area contributed by atoms with Crippen molar-refractivity contribution < 1.29 is 23.5 Å². The lowest BCUT2D eigenvalue weighted by Crippen LogP contribution is -2.33. The minimum Gasteiger partial charge on any atom is -0.483 e. The minimum absolute atomic E-state index is 0.102. The first-order valence-corrected chi connectivity index (χ1v) is 9.41. The van der Waals surface area contributed by atoms with Gasteiger partial charge in [-0.15, -0.1) is 11.3 Å². The fraction of sp³-hybridized carbons (Fsp3) is 0.368. The first kappa shape index (κ1) is 17.0. The van der Waals surface area contributed by atoms with Crippen LogP contribution in [0.25, 0.3) is 0 Å². The quantitative estimate of drug-likeness (QED) is 0.771. The van der Waals surface area contributed by atoms with Gasteiger partial charge in [0.05, 0.1) is 19.1 Å². The summed E-state index contributed by atoms with van der Waals surface area (Å²) in [6.45, 7) is 2.19. The number of rotatable bonds is 4. The predicted molar refractivity (Wildman–Crippen MR) is 93.4 cm³/mol. The number of nitrogens with zero attached hydrogens (tertiary/aromatic N) is 1. The number of hydrogen-bond donors (Lipinski definition) is 0. The van der Waals surface area contributed by atoms with E-state index in [-0.39, 0.29) is 31.2 Å². The summed E-state index contributed by atoms with van der Waals surface area (Å²) in [4.78, 5) is 27.9. The van der Waals surface area contributed by atoms with Crippen LogP contribution in [0, 0.1) is 11.7 Å². The van der Waals surface area contributed by atoms with Gasteiger partial charge in [0.1, 0.15) is 12.0 Å². The minimum atomic E-state index is -0.626. The molecule has 0 radical (unpaired) electrons. The molecular formula is C19H18FNO4S. The molecule has 0 N–H and O–H groups in total.